The number of ether oxygens (including phenoxy) is 2. The summed E-state index contributed by atoms with van der Waals surface area (Å²) in [5.41, 5.74) is 2.42. The van der Waals surface area contributed by atoms with Crippen LogP contribution in [-0.2, 0) is 22.6 Å². The van der Waals surface area contributed by atoms with Crippen LogP contribution < -0.4 is 10.6 Å². The van der Waals surface area contributed by atoms with E-state index in [1.54, 1.807) is 7.05 Å². The van der Waals surface area contributed by atoms with Crippen LogP contribution in [0, 0.1) is 0 Å². The third-order valence-electron chi connectivity index (χ3n) is 3.69. The topological polar surface area (TPSA) is 54.9 Å². The van der Waals surface area contributed by atoms with Gasteiger partial charge in [-0.3, -0.25) is 4.99 Å². The summed E-state index contributed by atoms with van der Waals surface area (Å²) in [5.74, 6) is 0.820. The Morgan fingerprint density at radius 3 is 2.36 bits per heavy atom. The summed E-state index contributed by atoms with van der Waals surface area (Å²) < 4.78 is 11.2. The molecule has 0 atom stereocenters. The van der Waals surface area contributed by atoms with Crippen molar-refractivity contribution in [2.75, 3.05) is 26.8 Å². The van der Waals surface area contributed by atoms with Crippen LogP contribution in [0.4, 0.5) is 0 Å². The molecule has 0 aliphatic heterocycles. The van der Waals surface area contributed by atoms with Crippen LogP contribution in [0.25, 0.3) is 0 Å². The third kappa shape index (κ3) is 10.8. The summed E-state index contributed by atoms with van der Waals surface area (Å²) >= 11 is 0. The van der Waals surface area contributed by atoms with Crippen molar-refractivity contribution in [1.82, 2.24) is 10.6 Å². The molecule has 0 spiro atoms. The molecule has 5 heteroatoms. The molecule has 0 fully saturated rings. The fraction of sp³-hybridized carbons (Fsp3) is 0.650. The van der Waals surface area contributed by atoms with E-state index in [9.17, 15) is 0 Å². The number of guanidine groups is 1. The van der Waals surface area contributed by atoms with Crippen molar-refractivity contribution in [3.05, 3.63) is 35.4 Å². The van der Waals surface area contributed by atoms with Crippen LogP contribution >= 0.6 is 0 Å². The number of benzene rings is 1. The average Bonchev–Trinajstić information content (AvgIpc) is 2.62. The Balaban J connectivity index is 2.21. The molecule has 0 aromatic heterocycles. The fourth-order valence-electron chi connectivity index (χ4n) is 2.15. The van der Waals surface area contributed by atoms with E-state index in [2.05, 4.69) is 46.8 Å². The van der Waals surface area contributed by atoms with Crippen LogP contribution in [0.3, 0.4) is 0 Å². The molecule has 0 amide bonds. The molecule has 1 aromatic carbocycles. The van der Waals surface area contributed by atoms with E-state index in [0.717, 1.165) is 45.1 Å². The van der Waals surface area contributed by atoms with Gasteiger partial charge in [-0.05, 0) is 37.8 Å². The van der Waals surface area contributed by atoms with Gasteiger partial charge >= 0.3 is 0 Å². The molecule has 0 radical (unpaired) electrons. The van der Waals surface area contributed by atoms with Gasteiger partial charge < -0.3 is 20.1 Å². The standard InChI is InChI=1S/C20H35N3O2/c1-5-6-13-24-14-7-12-22-20(21-4)23-15-18-8-10-19(11-9-18)16-25-17(2)3/h8-11,17H,5-7,12-16H2,1-4H3,(H2,21,22,23). The third-order valence-corrected chi connectivity index (χ3v) is 3.69. The molecule has 0 heterocycles. The van der Waals surface area contributed by atoms with E-state index in [-0.39, 0.29) is 6.10 Å². The molecule has 0 aliphatic rings. The summed E-state index contributed by atoms with van der Waals surface area (Å²) in [4.78, 5) is 4.25. The van der Waals surface area contributed by atoms with E-state index in [0.29, 0.717) is 6.61 Å². The second kappa shape index (κ2) is 13.7. The Hall–Kier alpha value is -1.59. The molecule has 2 N–H and O–H groups in total. The van der Waals surface area contributed by atoms with Gasteiger partial charge in [-0.15, -0.1) is 0 Å². The maximum Gasteiger partial charge on any atom is 0.191 e. The predicted octanol–water partition coefficient (Wildman–Crippen LogP) is 3.48. The molecule has 0 saturated heterocycles. The van der Waals surface area contributed by atoms with Crippen molar-refractivity contribution in [2.45, 2.75) is 59.3 Å². The van der Waals surface area contributed by atoms with Crippen molar-refractivity contribution in [1.29, 1.82) is 0 Å². The molecule has 1 rings (SSSR count). The highest BCUT2D eigenvalue weighted by atomic mass is 16.5. The van der Waals surface area contributed by atoms with Gasteiger partial charge in [0, 0.05) is 33.4 Å². The van der Waals surface area contributed by atoms with Crippen molar-refractivity contribution in [3.63, 3.8) is 0 Å². The molecular weight excluding hydrogens is 314 g/mol. The van der Waals surface area contributed by atoms with E-state index in [4.69, 9.17) is 9.47 Å². The number of hydrogen-bond donors (Lipinski definition) is 2. The summed E-state index contributed by atoms with van der Waals surface area (Å²) in [6, 6.07) is 8.48. The van der Waals surface area contributed by atoms with Crippen molar-refractivity contribution < 1.29 is 9.47 Å². The Morgan fingerprint density at radius 1 is 1.04 bits per heavy atom. The Labute approximate surface area is 153 Å². The van der Waals surface area contributed by atoms with Gasteiger partial charge in [-0.2, -0.15) is 0 Å². The molecule has 5 nitrogen and oxygen atoms in total. The normalized spacial score (nSPS) is 11.8. The van der Waals surface area contributed by atoms with E-state index >= 15 is 0 Å². The maximum atomic E-state index is 5.61. The number of nitrogens with zero attached hydrogens (tertiary/aromatic N) is 1. The zero-order chi connectivity index (χ0) is 18.3. The summed E-state index contributed by atoms with van der Waals surface area (Å²) in [5, 5.41) is 6.65. The van der Waals surface area contributed by atoms with Gasteiger partial charge in [0.05, 0.1) is 12.7 Å². The van der Waals surface area contributed by atoms with Crippen molar-refractivity contribution >= 4 is 5.96 Å². The highest BCUT2D eigenvalue weighted by Gasteiger charge is 2.00. The lowest BCUT2D eigenvalue weighted by molar-refractivity contribution is 0.0657. The predicted molar refractivity (Wildman–Crippen MR) is 105 cm³/mol. The highest BCUT2D eigenvalue weighted by molar-refractivity contribution is 5.79. The van der Waals surface area contributed by atoms with Gasteiger partial charge in [-0.1, -0.05) is 37.6 Å². The van der Waals surface area contributed by atoms with E-state index in [1.807, 2.05) is 13.8 Å². The van der Waals surface area contributed by atoms with Gasteiger partial charge in [0.1, 0.15) is 0 Å². The summed E-state index contributed by atoms with van der Waals surface area (Å²) in [6.45, 7) is 10.2. The Bertz CT molecular complexity index is 472. The van der Waals surface area contributed by atoms with Crippen molar-refractivity contribution in [2.24, 2.45) is 4.99 Å². The lowest BCUT2D eigenvalue weighted by Gasteiger charge is -2.12. The zero-order valence-electron chi connectivity index (χ0n) is 16.3. The Morgan fingerprint density at radius 2 is 1.72 bits per heavy atom. The van der Waals surface area contributed by atoms with Crippen LogP contribution in [0.2, 0.25) is 0 Å². The fourth-order valence-corrected chi connectivity index (χ4v) is 2.15. The smallest absolute Gasteiger partial charge is 0.191 e. The minimum atomic E-state index is 0.257. The van der Waals surface area contributed by atoms with Gasteiger partial charge in [0.2, 0.25) is 0 Å². The lowest BCUT2D eigenvalue weighted by Crippen LogP contribution is -2.37. The molecule has 25 heavy (non-hydrogen) atoms. The lowest BCUT2D eigenvalue weighted by atomic mass is 10.1. The largest absolute Gasteiger partial charge is 0.381 e. The van der Waals surface area contributed by atoms with Gasteiger partial charge in [0.15, 0.2) is 5.96 Å². The van der Waals surface area contributed by atoms with E-state index in [1.165, 1.54) is 17.5 Å². The van der Waals surface area contributed by atoms with Crippen LogP contribution in [0.5, 0.6) is 0 Å². The molecule has 0 aliphatic carbocycles. The summed E-state index contributed by atoms with van der Waals surface area (Å²) in [6.07, 6.45) is 3.56. The monoisotopic (exact) mass is 349 g/mol. The number of unbranched alkanes of at least 4 members (excludes halogenated alkanes) is 1. The number of nitrogens with one attached hydrogen (secondary N) is 2. The molecule has 0 unspecified atom stereocenters. The quantitative estimate of drug-likeness (QED) is 0.345. The molecule has 142 valence electrons. The SMILES string of the molecule is CCCCOCCCNC(=NC)NCc1ccc(COC(C)C)cc1. The first-order valence-corrected chi connectivity index (χ1v) is 9.37. The second-order valence-corrected chi connectivity index (χ2v) is 6.35. The first kappa shape index (κ1) is 21.5. The van der Waals surface area contributed by atoms with E-state index < -0.39 is 0 Å². The molecule has 0 bridgehead atoms. The Kier molecular flexibility index (Phi) is 11.7. The summed E-state index contributed by atoms with van der Waals surface area (Å²) in [7, 11) is 1.79. The minimum absolute atomic E-state index is 0.257. The molecule has 1 aromatic rings. The first-order valence-electron chi connectivity index (χ1n) is 9.37. The highest BCUT2D eigenvalue weighted by Crippen LogP contribution is 2.07. The second-order valence-electron chi connectivity index (χ2n) is 6.35. The zero-order valence-corrected chi connectivity index (χ0v) is 16.3. The minimum Gasteiger partial charge on any atom is -0.381 e. The van der Waals surface area contributed by atoms with Gasteiger partial charge in [0.25, 0.3) is 0 Å². The first-order chi connectivity index (χ1) is 12.2. The number of hydrogen-bond acceptors (Lipinski definition) is 3. The molecular formula is C20H35N3O2. The number of rotatable bonds is 12. The molecule has 0 saturated carbocycles. The van der Waals surface area contributed by atoms with Crippen LogP contribution in [-0.4, -0.2) is 38.9 Å². The van der Waals surface area contributed by atoms with Crippen LogP contribution in [0.1, 0.15) is 51.2 Å². The average molecular weight is 350 g/mol. The van der Waals surface area contributed by atoms with Crippen molar-refractivity contribution in [3.8, 4) is 0 Å². The van der Waals surface area contributed by atoms with Crippen LogP contribution in [0.15, 0.2) is 29.3 Å². The van der Waals surface area contributed by atoms with Gasteiger partial charge in [-0.25, -0.2) is 0 Å². The number of aliphatic imine (C=N–C) groups is 1. The maximum absolute atomic E-state index is 5.61.